The molecule has 5 aromatic rings. The van der Waals surface area contributed by atoms with E-state index in [1.807, 2.05) is 84.9 Å². The Morgan fingerprint density at radius 2 is 0.972 bits per heavy atom. The van der Waals surface area contributed by atoms with E-state index in [4.69, 9.17) is 0 Å². The summed E-state index contributed by atoms with van der Waals surface area (Å²) < 4.78 is 3.18. The smallest absolute Gasteiger partial charge is 0.347 e. The maximum atomic E-state index is 12.2. The molecule has 0 radical (unpaired) electrons. The third-order valence-electron chi connectivity index (χ3n) is 5.75. The van der Waals surface area contributed by atoms with Gasteiger partial charge in [0.1, 0.15) is 11.6 Å². The molecular formula is C26H26N8O2. The first-order valence-electron chi connectivity index (χ1n) is 11.7. The van der Waals surface area contributed by atoms with Gasteiger partial charge in [-0.15, -0.1) is 0 Å². The molecule has 0 aliphatic carbocycles. The molecule has 0 aliphatic heterocycles. The largest absolute Gasteiger partial charge is 0.385 e. The number of benzene rings is 3. The van der Waals surface area contributed by atoms with Crippen molar-refractivity contribution in [3.63, 3.8) is 0 Å². The van der Waals surface area contributed by atoms with Gasteiger partial charge in [0.05, 0.1) is 11.4 Å². The number of nitrogens with one attached hydrogen (secondary N) is 4. The first kappa shape index (κ1) is 22.9. The first-order valence-corrected chi connectivity index (χ1v) is 11.7. The maximum absolute atomic E-state index is 12.2. The van der Waals surface area contributed by atoms with Crippen LogP contribution in [0.15, 0.2) is 94.5 Å². The molecule has 0 amide bonds. The minimum absolute atomic E-state index is 0.248. The lowest BCUT2D eigenvalue weighted by molar-refractivity contribution is 0.842. The lowest BCUT2D eigenvalue weighted by Crippen LogP contribution is -2.18. The molecule has 36 heavy (non-hydrogen) atoms. The molecule has 0 unspecified atom stereocenters. The molecule has 2 heterocycles. The van der Waals surface area contributed by atoms with Crippen LogP contribution in [0.4, 0.5) is 11.4 Å². The Balaban J connectivity index is 1.13. The molecule has 4 N–H and O–H groups in total. The van der Waals surface area contributed by atoms with Crippen molar-refractivity contribution in [3.8, 4) is 11.4 Å². The highest BCUT2D eigenvalue weighted by molar-refractivity contribution is 5.53. The van der Waals surface area contributed by atoms with Gasteiger partial charge in [0.2, 0.25) is 0 Å². The molecule has 10 heteroatoms. The Bertz CT molecular complexity index is 1400. The van der Waals surface area contributed by atoms with E-state index < -0.39 is 0 Å². The number of nitrogens with zero attached hydrogens (tertiary/aromatic N) is 4. The summed E-state index contributed by atoms with van der Waals surface area (Å²) in [6, 6.07) is 26.9. The predicted octanol–water partition coefficient (Wildman–Crippen LogP) is 2.74. The normalized spacial score (nSPS) is 10.9. The van der Waals surface area contributed by atoms with Gasteiger partial charge in [-0.2, -0.15) is 10.2 Å². The fraction of sp³-hybridized carbons (Fsp3) is 0.154. The lowest BCUT2D eigenvalue weighted by Gasteiger charge is -2.10. The van der Waals surface area contributed by atoms with Gasteiger partial charge in [0, 0.05) is 37.3 Å². The summed E-state index contributed by atoms with van der Waals surface area (Å²) in [7, 11) is 0. The molecule has 0 saturated carbocycles. The van der Waals surface area contributed by atoms with Crippen molar-refractivity contribution in [1.29, 1.82) is 0 Å². The van der Waals surface area contributed by atoms with Crippen molar-refractivity contribution in [2.45, 2.75) is 12.8 Å². The van der Waals surface area contributed by atoms with Crippen LogP contribution in [-0.4, -0.2) is 42.6 Å². The van der Waals surface area contributed by atoms with Crippen molar-refractivity contribution >= 4 is 11.4 Å². The van der Waals surface area contributed by atoms with E-state index in [0.717, 1.165) is 22.7 Å². The third kappa shape index (κ3) is 5.12. The Hall–Kier alpha value is -4.86. The number of rotatable bonds is 10. The Kier molecular flexibility index (Phi) is 6.74. The predicted molar refractivity (Wildman–Crippen MR) is 139 cm³/mol. The van der Waals surface area contributed by atoms with Crippen LogP contribution in [0.2, 0.25) is 0 Å². The molecule has 0 fully saturated rings. The van der Waals surface area contributed by atoms with Crippen molar-refractivity contribution in [1.82, 2.24) is 29.5 Å². The van der Waals surface area contributed by atoms with E-state index in [1.54, 1.807) is 9.13 Å². The second-order valence-corrected chi connectivity index (χ2v) is 8.16. The second-order valence-electron chi connectivity index (χ2n) is 8.16. The zero-order valence-corrected chi connectivity index (χ0v) is 19.5. The average molecular weight is 483 g/mol. The van der Waals surface area contributed by atoms with E-state index in [2.05, 4.69) is 31.0 Å². The quantitative estimate of drug-likeness (QED) is 0.243. The maximum Gasteiger partial charge on any atom is 0.347 e. The van der Waals surface area contributed by atoms with Crippen LogP contribution in [0.3, 0.4) is 0 Å². The van der Waals surface area contributed by atoms with Crippen LogP contribution < -0.4 is 22.0 Å². The summed E-state index contributed by atoms with van der Waals surface area (Å²) in [5.41, 5.74) is 3.02. The van der Waals surface area contributed by atoms with Crippen molar-refractivity contribution in [2.75, 3.05) is 23.7 Å². The molecule has 0 spiro atoms. The third-order valence-corrected chi connectivity index (χ3v) is 5.75. The fourth-order valence-electron chi connectivity index (χ4n) is 4.02. The van der Waals surface area contributed by atoms with E-state index >= 15 is 0 Å². The summed E-state index contributed by atoms with van der Waals surface area (Å²) in [6.45, 7) is 1.25. The molecule has 5 rings (SSSR count). The Labute approximate surface area is 206 Å². The summed E-state index contributed by atoms with van der Waals surface area (Å²) in [6.07, 6.45) is 1.17. The molecule has 3 aromatic carbocycles. The zero-order chi connectivity index (χ0) is 24.7. The Morgan fingerprint density at radius 1 is 0.583 bits per heavy atom. The number of hydrogen-bond donors (Lipinski definition) is 4. The summed E-state index contributed by atoms with van der Waals surface area (Å²) in [5.74, 6) is 1.34. The van der Waals surface area contributed by atoms with E-state index in [1.165, 1.54) is 0 Å². The van der Waals surface area contributed by atoms with Crippen LogP contribution in [0.1, 0.15) is 11.6 Å². The van der Waals surface area contributed by atoms with Crippen LogP contribution in [0.25, 0.3) is 11.4 Å². The minimum Gasteiger partial charge on any atom is -0.385 e. The Morgan fingerprint density at radius 3 is 1.36 bits per heavy atom. The van der Waals surface area contributed by atoms with E-state index in [-0.39, 0.29) is 11.4 Å². The molecule has 2 aromatic heterocycles. The van der Waals surface area contributed by atoms with Gasteiger partial charge in [-0.05, 0) is 48.5 Å². The summed E-state index contributed by atoms with van der Waals surface area (Å²) in [4.78, 5) is 24.4. The zero-order valence-electron chi connectivity index (χ0n) is 19.5. The van der Waals surface area contributed by atoms with Crippen LogP contribution in [0.5, 0.6) is 0 Å². The summed E-state index contributed by atoms with van der Waals surface area (Å²) >= 11 is 0. The van der Waals surface area contributed by atoms with Gasteiger partial charge in [-0.3, -0.25) is 0 Å². The number of aromatic nitrogens is 6. The molecule has 10 nitrogen and oxygen atoms in total. The average Bonchev–Trinajstić information content (AvgIpc) is 3.47. The minimum atomic E-state index is -0.248. The number of aromatic amines is 2. The highest BCUT2D eigenvalue weighted by Crippen LogP contribution is 2.14. The number of H-pyrrole nitrogens is 2. The molecule has 0 atom stereocenters. The SMILES string of the molecule is O=c1[nH]nc(CCNc2ccc(NCCc3n[nH]c(=O)n3-c3ccccc3)cc2)n1-c1ccccc1. The number of anilines is 2. The molecule has 182 valence electrons. The first-order chi connectivity index (χ1) is 17.7. The van der Waals surface area contributed by atoms with Crippen molar-refractivity contribution < 1.29 is 0 Å². The monoisotopic (exact) mass is 482 g/mol. The molecular weight excluding hydrogens is 456 g/mol. The van der Waals surface area contributed by atoms with Crippen LogP contribution >= 0.6 is 0 Å². The lowest BCUT2D eigenvalue weighted by atomic mass is 10.2. The van der Waals surface area contributed by atoms with Crippen LogP contribution in [0, 0.1) is 0 Å². The molecule has 0 aliphatic rings. The van der Waals surface area contributed by atoms with Gasteiger partial charge in [-0.1, -0.05) is 36.4 Å². The molecule has 0 saturated heterocycles. The standard InChI is InChI=1S/C26H26N8O2/c35-25-31-29-23(33(25)21-7-3-1-4-8-21)15-17-27-19-11-13-20(14-12-19)28-18-16-24-30-32-26(36)34(24)22-9-5-2-6-10-22/h1-14,27-28H,15-18H2,(H,31,35)(H,32,36). The van der Waals surface area contributed by atoms with Crippen LogP contribution in [-0.2, 0) is 12.8 Å². The van der Waals surface area contributed by atoms with Crippen molar-refractivity contribution in [2.24, 2.45) is 0 Å². The highest BCUT2D eigenvalue weighted by Gasteiger charge is 2.11. The fourth-order valence-corrected chi connectivity index (χ4v) is 4.02. The van der Waals surface area contributed by atoms with Gasteiger partial charge in [0.25, 0.3) is 0 Å². The molecule has 0 bridgehead atoms. The summed E-state index contributed by atoms with van der Waals surface area (Å²) in [5, 5.41) is 20.1. The number of hydrogen-bond acceptors (Lipinski definition) is 6. The van der Waals surface area contributed by atoms with E-state index in [9.17, 15) is 9.59 Å². The van der Waals surface area contributed by atoms with Crippen molar-refractivity contribution in [3.05, 3.63) is 118 Å². The van der Waals surface area contributed by atoms with Gasteiger partial charge < -0.3 is 10.6 Å². The van der Waals surface area contributed by atoms with Gasteiger partial charge >= 0.3 is 11.4 Å². The highest BCUT2D eigenvalue weighted by atomic mass is 16.2. The van der Waals surface area contributed by atoms with Gasteiger partial charge in [-0.25, -0.2) is 28.9 Å². The number of para-hydroxylation sites is 2. The topological polar surface area (TPSA) is 125 Å². The second kappa shape index (κ2) is 10.6. The van der Waals surface area contributed by atoms with Gasteiger partial charge in [0.15, 0.2) is 0 Å². The van der Waals surface area contributed by atoms with E-state index in [0.29, 0.717) is 37.6 Å².